The van der Waals surface area contributed by atoms with E-state index in [4.69, 9.17) is 13.3 Å². The summed E-state index contributed by atoms with van der Waals surface area (Å²) in [5.74, 6) is -1.16. The summed E-state index contributed by atoms with van der Waals surface area (Å²) >= 11 is 0. The zero-order valence-electron chi connectivity index (χ0n) is 16.7. The largest absolute Gasteiger partial charge is 0.500 e. The predicted octanol–water partition coefficient (Wildman–Crippen LogP) is 4.25. The molecular weight excluding hydrogens is 352 g/mol. The third-order valence-corrected chi connectivity index (χ3v) is 7.74. The fourth-order valence-corrected chi connectivity index (χ4v) is 6.01. The maximum atomic E-state index is 11.4. The first-order valence-corrected chi connectivity index (χ1v) is 12.2. The van der Waals surface area contributed by atoms with E-state index in [1.807, 2.05) is 20.8 Å². The molecule has 26 heavy (non-hydrogen) atoms. The molecule has 2 fully saturated rings. The number of carbonyl (C=O) groups excluding carboxylic acids is 2. The van der Waals surface area contributed by atoms with Crippen molar-refractivity contribution in [2.45, 2.75) is 84.6 Å². The molecule has 1 aliphatic heterocycles. The van der Waals surface area contributed by atoms with Gasteiger partial charge in [0.25, 0.3) is 0 Å². The number of hydrogen-bond acceptors (Lipinski definition) is 6. The Morgan fingerprint density at radius 1 is 0.885 bits per heavy atom. The van der Waals surface area contributed by atoms with Crippen molar-refractivity contribution in [1.29, 1.82) is 0 Å². The summed E-state index contributed by atoms with van der Waals surface area (Å²) in [5, 5.41) is 0. The molecule has 1 unspecified atom stereocenters. The van der Waals surface area contributed by atoms with Crippen molar-refractivity contribution < 1.29 is 27.6 Å². The Morgan fingerprint density at radius 3 is 1.69 bits per heavy atom. The highest BCUT2D eigenvalue weighted by atomic mass is 28.4. The van der Waals surface area contributed by atoms with Crippen molar-refractivity contribution in [3.8, 4) is 0 Å². The fraction of sp³-hybridized carbons (Fsp3) is 0.895. The summed E-state index contributed by atoms with van der Waals surface area (Å²) in [4.78, 5) is 22.4. The lowest BCUT2D eigenvalue weighted by molar-refractivity contribution is -0.153. The maximum Gasteiger partial charge on any atom is 0.500 e. The van der Waals surface area contributed by atoms with E-state index in [1.54, 1.807) is 0 Å². The van der Waals surface area contributed by atoms with Crippen molar-refractivity contribution in [3.05, 3.63) is 0 Å². The van der Waals surface area contributed by atoms with Crippen LogP contribution in [-0.4, -0.2) is 40.6 Å². The van der Waals surface area contributed by atoms with Gasteiger partial charge in [-0.25, -0.2) is 0 Å². The van der Waals surface area contributed by atoms with Gasteiger partial charge in [-0.2, -0.15) is 0 Å². The number of carbonyl (C=O) groups is 2. The lowest BCUT2D eigenvalue weighted by Gasteiger charge is -2.28. The molecule has 152 valence electrons. The van der Waals surface area contributed by atoms with E-state index >= 15 is 0 Å². The molecule has 7 heteroatoms. The van der Waals surface area contributed by atoms with Crippen molar-refractivity contribution in [2.75, 3.05) is 19.8 Å². The van der Waals surface area contributed by atoms with E-state index in [-0.39, 0.29) is 12.3 Å². The summed E-state index contributed by atoms with van der Waals surface area (Å²) in [7, 11) is -2.64. The van der Waals surface area contributed by atoms with Crippen LogP contribution < -0.4 is 0 Å². The molecule has 1 aliphatic carbocycles. The van der Waals surface area contributed by atoms with Crippen molar-refractivity contribution >= 4 is 20.7 Å². The number of esters is 2. The van der Waals surface area contributed by atoms with Crippen LogP contribution in [0, 0.1) is 5.92 Å². The van der Waals surface area contributed by atoms with E-state index in [2.05, 4.69) is 4.74 Å². The molecule has 2 aliphatic rings. The standard InChI is InChI=1S/C13H24O6Si.C6H12/c1-4-16-20(17-5-2,18-6-3)9-7-8-11-10-12(14)19-13(11)15;1-2-4-6-5-3-1/h11H,4-10H2,1-3H3;1-6H2. The Balaban J connectivity index is 0.000000472. The van der Waals surface area contributed by atoms with Crippen LogP contribution in [0.2, 0.25) is 6.04 Å². The van der Waals surface area contributed by atoms with E-state index in [1.165, 1.54) is 38.5 Å². The predicted molar refractivity (Wildman–Crippen MR) is 102 cm³/mol. The van der Waals surface area contributed by atoms with Crippen LogP contribution in [0.25, 0.3) is 0 Å². The molecule has 1 saturated heterocycles. The van der Waals surface area contributed by atoms with Crippen molar-refractivity contribution in [1.82, 2.24) is 0 Å². The van der Waals surface area contributed by atoms with Crippen LogP contribution in [-0.2, 0) is 27.6 Å². The molecule has 0 amide bonds. The van der Waals surface area contributed by atoms with Crippen molar-refractivity contribution in [3.63, 3.8) is 0 Å². The van der Waals surface area contributed by atoms with Gasteiger partial charge in [0.15, 0.2) is 0 Å². The Kier molecular flexibility index (Phi) is 12.0. The molecule has 2 rings (SSSR count). The molecule has 6 nitrogen and oxygen atoms in total. The van der Waals surface area contributed by atoms with Crippen LogP contribution in [0.15, 0.2) is 0 Å². The summed E-state index contributed by atoms with van der Waals surface area (Å²) < 4.78 is 21.7. The Labute approximate surface area is 159 Å². The monoisotopic (exact) mass is 388 g/mol. The van der Waals surface area contributed by atoms with Gasteiger partial charge in [-0.3, -0.25) is 9.59 Å². The Morgan fingerprint density at radius 2 is 1.35 bits per heavy atom. The van der Waals surface area contributed by atoms with Gasteiger partial charge in [0.1, 0.15) is 0 Å². The van der Waals surface area contributed by atoms with Crippen LogP contribution in [0.5, 0.6) is 0 Å². The third-order valence-electron chi connectivity index (χ3n) is 4.59. The van der Waals surface area contributed by atoms with Gasteiger partial charge >= 0.3 is 20.7 Å². The molecule has 0 bridgehead atoms. The maximum absolute atomic E-state index is 11.4. The van der Waals surface area contributed by atoms with E-state index in [9.17, 15) is 9.59 Å². The molecule has 1 heterocycles. The molecule has 1 atom stereocenters. The highest BCUT2D eigenvalue weighted by Gasteiger charge is 2.41. The summed E-state index contributed by atoms with van der Waals surface area (Å²) in [5.41, 5.74) is 0. The van der Waals surface area contributed by atoms with Gasteiger partial charge in [-0.15, -0.1) is 0 Å². The van der Waals surface area contributed by atoms with Crippen LogP contribution in [0.3, 0.4) is 0 Å². The first kappa shape index (κ1) is 23.3. The zero-order chi connectivity index (χ0) is 19.3. The second kappa shape index (κ2) is 13.4. The minimum absolute atomic E-state index is 0.186. The van der Waals surface area contributed by atoms with Crippen LogP contribution >= 0.6 is 0 Å². The van der Waals surface area contributed by atoms with E-state index in [0.29, 0.717) is 32.3 Å². The molecule has 0 aromatic rings. The molecule has 1 saturated carbocycles. The van der Waals surface area contributed by atoms with Crippen LogP contribution in [0.4, 0.5) is 0 Å². The lowest BCUT2D eigenvalue weighted by atomic mass is 10.0. The summed E-state index contributed by atoms with van der Waals surface area (Å²) in [6.45, 7) is 7.34. The quantitative estimate of drug-likeness (QED) is 0.317. The molecule has 0 spiro atoms. The zero-order valence-corrected chi connectivity index (χ0v) is 17.7. The molecular formula is C19H36O6Si. The van der Waals surface area contributed by atoms with Gasteiger partial charge in [-0.05, 0) is 33.6 Å². The average molecular weight is 389 g/mol. The van der Waals surface area contributed by atoms with Gasteiger partial charge < -0.3 is 18.0 Å². The second-order valence-electron chi connectivity index (χ2n) is 6.69. The van der Waals surface area contributed by atoms with Gasteiger partial charge in [0.2, 0.25) is 0 Å². The summed E-state index contributed by atoms with van der Waals surface area (Å²) in [6.07, 6.45) is 10.5. The average Bonchev–Trinajstić information content (AvgIpc) is 2.95. The second-order valence-corrected chi connectivity index (χ2v) is 9.42. The first-order chi connectivity index (χ1) is 12.6. The fourth-order valence-electron chi connectivity index (χ4n) is 3.37. The normalized spacial score (nSPS) is 20.5. The van der Waals surface area contributed by atoms with Gasteiger partial charge in [-0.1, -0.05) is 38.5 Å². The van der Waals surface area contributed by atoms with Crippen LogP contribution in [0.1, 0.15) is 78.6 Å². The number of cyclic esters (lactones) is 2. The Bertz CT molecular complexity index is 382. The highest BCUT2D eigenvalue weighted by molar-refractivity contribution is 6.60. The summed E-state index contributed by atoms with van der Waals surface area (Å²) in [6, 6.07) is 0.653. The minimum atomic E-state index is -2.64. The molecule has 0 aromatic heterocycles. The highest BCUT2D eigenvalue weighted by Crippen LogP contribution is 2.25. The number of hydrogen-bond donors (Lipinski definition) is 0. The van der Waals surface area contributed by atoms with Gasteiger partial charge in [0, 0.05) is 25.9 Å². The Hall–Kier alpha value is -0.763. The van der Waals surface area contributed by atoms with Crippen molar-refractivity contribution in [2.24, 2.45) is 5.92 Å². The SMILES string of the molecule is C1CCCCC1.CCO[Si](CCCC1CC(=O)OC1=O)(OCC)OCC. The van der Waals surface area contributed by atoms with Gasteiger partial charge in [0.05, 0.1) is 12.3 Å². The molecule has 0 N–H and O–H groups in total. The van der Waals surface area contributed by atoms with E-state index < -0.39 is 20.7 Å². The third kappa shape index (κ3) is 8.75. The molecule has 0 aromatic carbocycles. The smallest absolute Gasteiger partial charge is 0.393 e. The minimum Gasteiger partial charge on any atom is -0.393 e. The first-order valence-electron chi connectivity index (χ1n) is 10.2. The topological polar surface area (TPSA) is 71.1 Å². The molecule has 0 radical (unpaired) electrons. The number of rotatable bonds is 10. The number of ether oxygens (including phenoxy) is 1. The van der Waals surface area contributed by atoms with E-state index in [0.717, 1.165) is 6.42 Å². The lowest BCUT2D eigenvalue weighted by Crippen LogP contribution is -2.46.